The molecule has 0 aliphatic rings. The molecule has 0 bridgehead atoms. The van der Waals surface area contributed by atoms with Gasteiger partial charge in [-0.15, -0.1) is 0 Å². The van der Waals surface area contributed by atoms with Crippen LogP contribution < -0.4 is 0 Å². The Morgan fingerprint density at radius 1 is 1.13 bits per heavy atom. The van der Waals surface area contributed by atoms with Crippen molar-refractivity contribution < 1.29 is 14.3 Å². The van der Waals surface area contributed by atoms with Crippen LogP contribution in [0.2, 0.25) is 0 Å². The SMILES string of the molecule is O=C(O)c1cccc(-n2cc(-c3nc4ccccc4o3)cn2)c1. The number of rotatable bonds is 3. The maximum atomic E-state index is 11.1. The number of hydrogen-bond acceptors (Lipinski definition) is 4. The standard InChI is InChI=1S/C17H11N3O3/c21-17(22)11-4-3-5-13(8-11)20-10-12(9-18-20)16-19-14-6-1-2-7-15(14)23-16/h1-10H,(H,21,22). The average molecular weight is 305 g/mol. The first-order valence-corrected chi connectivity index (χ1v) is 6.95. The summed E-state index contributed by atoms with van der Waals surface area (Å²) in [5.41, 5.74) is 3.09. The summed E-state index contributed by atoms with van der Waals surface area (Å²) in [4.78, 5) is 15.5. The van der Waals surface area contributed by atoms with E-state index in [-0.39, 0.29) is 5.56 Å². The van der Waals surface area contributed by atoms with E-state index in [0.29, 0.717) is 17.2 Å². The van der Waals surface area contributed by atoms with Crippen molar-refractivity contribution in [3.8, 4) is 17.1 Å². The Kier molecular flexibility index (Phi) is 2.94. The zero-order valence-electron chi connectivity index (χ0n) is 11.9. The number of fused-ring (bicyclic) bond motifs is 1. The summed E-state index contributed by atoms with van der Waals surface area (Å²) in [6, 6.07) is 14.1. The van der Waals surface area contributed by atoms with Crippen molar-refractivity contribution in [3.05, 3.63) is 66.5 Å². The Bertz CT molecular complexity index is 984. The van der Waals surface area contributed by atoms with Crippen LogP contribution in [-0.4, -0.2) is 25.8 Å². The Labute approximate surface area is 130 Å². The van der Waals surface area contributed by atoms with Crippen LogP contribution >= 0.6 is 0 Å². The molecule has 0 spiro atoms. The summed E-state index contributed by atoms with van der Waals surface area (Å²) in [5.74, 6) is -0.495. The van der Waals surface area contributed by atoms with Gasteiger partial charge in [-0.1, -0.05) is 18.2 Å². The third-order valence-electron chi connectivity index (χ3n) is 3.48. The second kappa shape index (κ2) is 5.10. The predicted octanol–water partition coefficient (Wildman–Crippen LogP) is 3.38. The number of hydrogen-bond donors (Lipinski definition) is 1. The van der Waals surface area contributed by atoms with Crippen molar-refractivity contribution in [2.45, 2.75) is 0 Å². The van der Waals surface area contributed by atoms with Gasteiger partial charge in [0.05, 0.1) is 23.0 Å². The van der Waals surface area contributed by atoms with Crippen LogP contribution in [0.25, 0.3) is 28.2 Å². The van der Waals surface area contributed by atoms with Crippen LogP contribution in [0, 0.1) is 0 Å². The third-order valence-corrected chi connectivity index (χ3v) is 3.48. The molecule has 6 heteroatoms. The fourth-order valence-electron chi connectivity index (χ4n) is 2.35. The molecule has 2 aromatic carbocycles. The molecule has 4 rings (SSSR count). The predicted molar refractivity (Wildman–Crippen MR) is 83.5 cm³/mol. The minimum atomic E-state index is -0.974. The van der Waals surface area contributed by atoms with E-state index >= 15 is 0 Å². The van der Waals surface area contributed by atoms with E-state index in [1.165, 1.54) is 6.07 Å². The maximum absolute atomic E-state index is 11.1. The number of para-hydroxylation sites is 2. The van der Waals surface area contributed by atoms with Crippen LogP contribution in [-0.2, 0) is 0 Å². The van der Waals surface area contributed by atoms with Gasteiger partial charge in [-0.25, -0.2) is 14.5 Å². The van der Waals surface area contributed by atoms with Crippen molar-refractivity contribution in [2.75, 3.05) is 0 Å². The average Bonchev–Trinajstić information content (AvgIpc) is 3.21. The highest BCUT2D eigenvalue weighted by atomic mass is 16.4. The van der Waals surface area contributed by atoms with Gasteiger partial charge in [0.25, 0.3) is 0 Å². The molecule has 0 aliphatic heterocycles. The smallest absolute Gasteiger partial charge is 0.335 e. The number of carboxylic acids is 1. The minimum Gasteiger partial charge on any atom is -0.478 e. The van der Waals surface area contributed by atoms with Gasteiger partial charge in [-0.05, 0) is 30.3 Å². The number of aromatic carboxylic acids is 1. The van der Waals surface area contributed by atoms with E-state index in [9.17, 15) is 4.79 Å². The highest BCUT2D eigenvalue weighted by molar-refractivity contribution is 5.88. The molecule has 2 heterocycles. The number of carboxylic acid groups (broad SMARTS) is 1. The van der Waals surface area contributed by atoms with Gasteiger partial charge >= 0.3 is 5.97 Å². The number of oxazole rings is 1. The molecule has 0 saturated heterocycles. The van der Waals surface area contributed by atoms with Crippen molar-refractivity contribution in [1.29, 1.82) is 0 Å². The largest absolute Gasteiger partial charge is 0.478 e. The Morgan fingerprint density at radius 3 is 2.83 bits per heavy atom. The molecule has 1 N–H and O–H groups in total. The molecule has 4 aromatic rings. The molecule has 2 aromatic heterocycles. The zero-order chi connectivity index (χ0) is 15.8. The summed E-state index contributed by atoms with van der Waals surface area (Å²) in [7, 11) is 0. The highest BCUT2D eigenvalue weighted by Crippen LogP contribution is 2.24. The van der Waals surface area contributed by atoms with Crippen molar-refractivity contribution in [2.24, 2.45) is 0 Å². The Morgan fingerprint density at radius 2 is 2.00 bits per heavy atom. The zero-order valence-corrected chi connectivity index (χ0v) is 11.9. The van der Waals surface area contributed by atoms with Crippen LogP contribution in [0.3, 0.4) is 0 Å². The lowest BCUT2D eigenvalue weighted by Gasteiger charge is -2.01. The number of aromatic nitrogens is 3. The summed E-state index contributed by atoms with van der Waals surface area (Å²) < 4.78 is 7.30. The Balaban J connectivity index is 1.74. The van der Waals surface area contributed by atoms with E-state index < -0.39 is 5.97 Å². The van der Waals surface area contributed by atoms with E-state index in [0.717, 1.165) is 11.1 Å². The molecular weight excluding hydrogens is 294 g/mol. The van der Waals surface area contributed by atoms with Gasteiger partial charge in [-0.3, -0.25) is 0 Å². The molecule has 0 fully saturated rings. The first kappa shape index (κ1) is 13.3. The van der Waals surface area contributed by atoms with Crippen LogP contribution in [0.4, 0.5) is 0 Å². The lowest BCUT2D eigenvalue weighted by atomic mass is 10.2. The fourth-order valence-corrected chi connectivity index (χ4v) is 2.35. The molecule has 23 heavy (non-hydrogen) atoms. The van der Waals surface area contributed by atoms with Gasteiger partial charge in [0.1, 0.15) is 5.52 Å². The second-order valence-electron chi connectivity index (χ2n) is 5.02. The molecule has 0 amide bonds. The minimum absolute atomic E-state index is 0.210. The number of benzene rings is 2. The van der Waals surface area contributed by atoms with Gasteiger partial charge in [0.2, 0.25) is 5.89 Å². The molecule has 0 radical (unpaired) electrons. The van der Waals surface area contributed by atoms with Crippen LogP contribution in [0.15, 0.2) is 65.3 Å². The normalized spacial score (nSPS) is 11.0. The maximum Gasteiger partial charge on any atom is 0.335 e. The second-order valence-corrected chi connectivity index (χ2v) is 5.02. The first-order valence-electron chi connectivity index (χ1n) is 6.95. The van der Waals surface area contributed by atoms with Gasteiger partial charge in [-0.2, -0.15) is 5.10 Å². The van der Waals surface area contributed by atoms with E-state index in [2.05, 4.69) is 10.1 Å². The lowest BCUT2D eigenvalue weighted by Crippen LogP contribution is -1.99. The van der Waals surface area contributed by atoms with Crippen molar-refractivity contribution >= 4 is 17.1 Å². The third kappa shape index (κ3) is 2.36. The van der Waals surface area contributed by atoms with E-state index in [4.69, 9.17) is 9.52 Å². The van der Waals surface area contributed by atoms with Crippen LogP contribution in [0.1, 0.15) is 10.4 Å². The molecule has 0 aliphatic carbocycles. The molecule has 0 atom stereocenters. The molecular formula is C17H11N3O3. The van der Waals surface area contributed by atoms with E-state index in [1.54, 1.807) is 35.3 Å². The number of carbonyl (C=O) groups is 1. The highest BCUT2D eigenvalue weighted by Gasteiger charge is 2.11. The molecule has 112 valence electrons. The van der Waals surface area contributed by atoms with Gasteiger partial charge in [0.15, 0.2) is 5.58 Å². The first-order chi connectivity index (χ1) is 11.2. The quantitative estimate of drug-likeness (QED) is 0.627. The van der Waals surface area contributed by atoms with Crippen LogP contribution in [0.5, 0.6) is 0 Å². The molecule has 6 nitrogen and oxygen atoms in total. The topological polar surface area (TPSA) is 81.1 Å². The lowest BCUT2D eigenvalue weighted by molar-refractivity contribution is 0.0697. The summed E-state index contributed by atoms with van der Waals surface area (Å²) in [5, 5.41) is 13.3. The van der Waals surface area contributed by atoms with Crippen molar-refractivity contribution in [3.63, 3.8) is 0 Å². The van der Waals surface area contributed by atoms with E-state index in [1.807, 2.05) is 24.3 Å². The molecule has 0 saturated carbocycles. The fraction of sp³-hybridized carbons (Fsp3) is 0. The number of nitrogens with zero attached hydrogens (tertiary/aromatic N) is 3. The monoisotopic (exact) mass is 305 g/mol. The summed E-state index contributed by atoms with van der Waals surface area (Å²) in [6.07, 6.45) is 3.39. The molecule has 0 unspecified atom stereocenters. The summed E-state index contributed by atoms with van der Waals surface area (Å²) >= 11 is 0. The van der Waals surface area contributed by atoms with Gasteiger partial charge in [0, 0.05) is 6.20 Å². The summed E-state index contributed by atoms with van der Waals surface area (Å²) in [6.45, 7) is 0. The van der Waals surface area contributed by atoms with Gasteiger partial charge < -0.3 is 9.52 Å². The van der Waals surface area contributed by atoms with Crippen molar-refractivity contribution in [1.82, 2.24) is 14.8 Å². The Hall–Kier alpha value is -3.41.